The van der Waals surface area contributed by atoms with E-state index in [1.54, 1.807) is 0 Å². The fourth-order valence-electron chi connectivity index (χ4n) is 3.65. The normalized spacial score (nSPS) is 28.0. The van der Waals surface area contributed by atoms with Gasteiger partial charge in [-0.2, -0.15) is 0 Å². The fourth-order valence-corrected chi connectivity index (χ4v) is 3.65. The molecule has 1 aliphatic rings. The molecule has 2 heteroatoms. The van der Waals surface area contributed by atoms with Crippen LogP contribution in [-0.4, -0.2) is 37.6 Å². The highest BCUT2D eigenvalue weighted by molar-refractivity contribution is 4.89. The minimum Gasteiger partial charge on any atom is -0.316 e. The van der Waals surface area contributed by atoms with Gasteiger partial charge in [0.05, 0.1) is 0 Å². The van der Waals surface area contributed by atoms with Crippen LogP contribution in [0.1, 0.15) is 73.1 Å². The Morgan fingerprint density at radius 2 is 1.86 bits per heavy atom. The SMILES string of the molecule is CCCNCC1(CN(CC)CC(C)CC)CCC(C)CC1. The van der Waals surface area contributed by atoms with Crippen molar-refractivity contribution in [2.75, 3.05) is 32.7 Å². The van der Waals surface area contributed by atoms with Crippen molar-refractivity contribution in [3.05, 3.63) is 0 Å². The van der Waals surface area contributed by atoms with Crippen LogP contribution < -0.4 is 5.32 Å². The van der Waals surface area contributed by atoms with E-state index >= 15 is 0 Å². The van der Waals surface area contributed by atoms with Gasteiger partial charge in [-0.25, -0.2) is 0 Å². The molecule has 1 fully saturated rings. The van der Waals surface area contributed by atoms with Crippen LogP contribution >= 0.6 is 0 Å². The van der Waals surface area contributed by atoms with Crippen LogP contribution in [0.4, 0.5) is 0 Å². The zero-order valence-corrected chi connectivity index (χ0v) is 15.4. The van der Waals surface area contributed by atoms with E-state index in [4.69, 9.17) is 0 Å². The van der Waals surface area contributed by atoms with Gasteiger partial charge in [0.25, 0.3) is 0 Å². The Morgan fingerprint density at radius 1 is 1.19 bits per heavy atom. The number of nitrogens with one attached hydrogen (secondary N) is 1. The second kappa shape index (κ2) is 9.84. The van der Waals surface area contributed by atoms with Crippen molar-refractivity contribution in [3.63, 3.8) is 0 Å². The van der Waals surface area contributed by atoms with Crippen molar-refractivity contribution < 1.29 is 0 Å². The van der Waals surface area contributed by atoms with Crippen LogP contribution in [0.15, 0.2) is 0 Å². The molecule has 0 bridgehead atoms. The van der Waals surface area contributed by atoms with Gasteiger partial charge in [-0.15, -0.1) is 0 Å². The molecule has 21 heavy (non-hydrogen) atoms. The molecule has 1 unspecified atom stereocenters. The molecule has 1 saturated carbocycles. The molecule has 0 aromatic carbocycles. The highest BCUT2D eigenvalue weighted by atomic mass is 15.1. The first-order valence-corrected chi connectivity index (χ1v) is 9.48. The molecule has 0 aromatic rings. The molecule has 2 nitrogen and oxygen atoms in total. The predicted octanol–water partition coefficient (Wildman–Crippen LogP) is 4.55. The Hall–Kier alpha value is -0.0800. The monoisotopic (exact) mass is 296 g/mol. The maximum Gasteiger partial charge on any atom is 0.00501 e. The standard InChI is InChI=1S/C19H40N2/c1-6-13-20-15-19(11-9-18(5)10-12-19)16-21(8-3)14-17(4)7-2/h17-18,20H,6-16H2,1-5H3. The summed E-state index contributed by atoms with van der Waals surface area (Å²) in [4.78, 5) is 2.72. The van der Waals surface area contributed by atoms with Gasteiger partial charge in [-0.3, -0.25) is 0 Å². The Labute approximate surface area is 134 Å². The van der Waals surface area contributed by atoms with Crippen molar-refractivity contribution >= 4 is 0 Å². The van der Waals surface area contributed by atoms with Gasteiger partial charge in [0, 0.05) is 19.6 Å². The summed E-state index contributed by atoms with van der Waals surface area (Å²) >= 11 is 0. The molecule has 1 atom stereocenters. The lowest BCUT2D eigenvalue weighted by molar-refractivity contribution is 0.0815. The van der Waals surface area contributed by atoms with Gasteiger partial charge in [-0.1, -0.05) is 53.9 Å². The second-order valence-corrected chi connectivity index (χ2v) is 7.70. The average Bonchev–Trinajstić information content (AvgIpc) is 2.49. The second-order valence-electron chi connectivity index (χ2n) is 7.70. The summed E-state index contributed by atoms with van der Waals surface area (Å²) < 4.78 is 0. The first-order valence-electron chi connectivity index (χ1n) is 9.48. The number of hydrogen-bond acceptors (Lipinski definition) is 2. The zero-order valence-electron chi connectivity index (χ0n) is 15.4. The molecule has 0 aromatic heterocycles. The van der Waals surface area contributed by atoms with Crippen LogP contribution in [0.2, 0.25) is 0 Å². The molecule has 0 spiro atoms. The fraction of sp³-hybridized carbons (Fsp3) is 1.00. The number of nitrogens with zero attached hydrogens (tertiary/aromatic N) is 1. The summed E-state index contributed by atoms with van der Waals surface area (Å²) in [6.07, 6.45) is 8.23. The lowest BCUT2D eigenvalue weighted by atomic mass is 9.70. The Kier molecular flexibility index (Phi) is 8.89. The molecule has 0 saturated heterocycles. The number of rotatable bonds is 10. The van der Waals surface area contributed by atoms with Crippen LogP contribution in [0.3, 0.4) is 0 Å². The molecular formula is C19H40N2. The van der Waals surface area contributed by atoms with Gasteiger partial charge < -0.3 is 10.2 Å². The Balaban J connectivity index is 2.61. The van der Waals surface area contributed by atoms with E-state index in [0.29, 0.717) is 5.41 Å². The molecule has 126 valence electrons. The van der Waals surface area contributed by atoms with E-state index < -0.39 is 0 Å². The Morgan fingerprint density at radius 3 is 2.38 bits per heavy atom. The lowest BCUT2D eigenvalue weighted by Crippen LogP contribution is -2.47. The van der Waals surface area contributed by atoms with Gasteiger partial charge in [-0.05, 0) is 49.6 Å². The third-order valence-corrected chi connectivity index (χ3v) is 5.53. The smallest absolute Gasteiger partial charge is 0.00501 e. The Bertz CT molecular complexity index is 256. The van der Waals surface area contributed by atoms with Crippen molar-refractivity contribution in [2.45, 2.75) is 73.1 Å². The van der Waals surface area contributed by atoms with Crippen molar-refractivity contribution in [1.82, 2.24) is 10.2 Å². The van der Waals surface area contributed by atoms with E-state index in [0.717, 1.165) is 11.8 Å². The van der Waals surface area contributed by atoms with E-state index in [9.17, 15) is 0 Å². The van der Waals surface area contributed by atoms with Gasteiger partial charge in [0.15, 0.2) is 0 Å². The van der Waals surface area contributed by atoms with Crippen LogP contribution in [0, 0.1) is 17.3 Å². The molecule has 1 rings (SSSR count). The summed E-state index contributed by atoms with van der Waals surface area (Å²) in [6.45, 7) is 17.9. The topological polar surface area (TPSA) is 15.3 Å². The van der Waals surface area contributed by atoms with E-state index in [2.05, 4.69) is 44.8 Å². The minimum atomic E-state index is 0.533. The van der Waals surface area contributed by atoms with Gasteiger partial charge in [0.1, 0.15) is 0 Å². The van der Waals surface area contributed by atoms with Crippen LogP contribution in [0.5, 0.6) is 0 Å². The van der Waals surface area contributed by atoms with Crippen molar-refractivity contribution in [3.8, 4) is 0 Å². The highest BCUT2D eigenvalue weighted by Gasteiger charge is 2.35. The zero-order chi connectivity index (χ0) is 15.7. The number of hydrogen-bond donors (Lipinski definition) is 1. The molecule has 0 amide bonds. The summed E-state index contributed by atoms with van der Waals surface area (Å²) in [7, 11) is 0. The van der Waals surface area contributed by atoms with E-state index in [-0.39, 0.29) is 0 Å². The molecule has 1 N–H and O–H groups in total. The van der Waals surface area contributed by atoms with Gasteiger partial charge >= 0.3 is 0 Å². The third kappa shape index (κ3) is 6.69. The summed E-state index contributed by atoms with van der Waals surface area (Å²) in [5, 5.41) is 3.73. The first kappa shape index (κ1) is 19.0. The first-order chi connectivity index (χ1) is 10.0. The van der Waals surface area contributed by atoms with Crippen LogP contribution in [0.25, 0.3) is 0 Å². The maximum absolute atomic E-state index is 3.73. The van der Waals surface area contributed by atoms with Crippen LogP contribution in [-0.2, 0) is 0 Å². The summed E-state index contributed by atoms with van der Waals surface area (Å²) in [6, 6.07) is 0. The van der Waals surface area contributed by atoms with Gasteiger partial charge in [0.2, 0.25) is 0 Å². The molecule has 0 aliphatic heterocycles. The minimum absolute atomic E-state index is 0.533. The van der Waals surface area contributed by atoms with E-state index in [1.807, 2.05) is 0 Å². The quantitative estimate of drug-likeness (QED) is 0.595. The molecule has 1 aliphatic carbocycles. The van der Waals surface area contributed by atoms with E-state index in [1.165, 1.54) is 71.2 Å². The summed E-state index contributed by atoms with van der Waals surface area (Å²) in [5.41, 5.74) is 0.533. The highest BCUT2D eigenvalue weighted by Crippen LogP contribution is 2.39. The average molecular weight is 297 g/mol. The largest absolute Gasteiger partial charge is 0.316 e. The van der Waals surface area contributed by atoms with Crippen molar-refractivity contribution in [1.29, 1.82) is 0 Å². The maximum atomic E-state index is 3.73. The molecular weight excluding hydrogens is 256 g/mol. The predicted molar refractivity (Wildman–Crippen MR) is 94.8 cm³/mol. The molecule has 0 radical (unpaired) electrons. The van der Waals surface area contributed by atoms with Crippen molar-refractivity contribution in [2.24, 2.45) is 17.3 Å². The third-order valence-electron chi connectivity index (χ3n) is 5.53. The molecule has 0 heterocycles. The summed E-state index contributed by atoms with van der Waals surface area (Å²) in [5.74, 6) is 1.77. The lowest BCUT2D eigenvalue weighted by Gasteiger charge is -2.43.